The first kappa shape index (κ1) is 17.5. The highest BCUT2D eigenvalue weighted by Crippen LogP contribution is 2.28. The van der Waals surface area contributed by atoms with Crippen LogP contribution in [0.1, 0.15) is 13.0 Å². The molecule has 0 aliphatic carbocycles. The van der Waals surface area contributed by atoms with Gasteiger partial charge in [0.1, 0.15) is 18.4 Å². The molecule has 24 heavy (non-hydrogen) atoms. The molecule has 0 bridgehead atoms. The van der Waals surface area contributed by atoms with Gasteiger partial charge >= 0.3 is 0 Å². The lowest BCUT2D eigenvalue weighted by Crippen LogP contribution is -2.24. The number of rotatable bonds is 7. The van der Waals surface area contributed by atoms with Crippen molar-refractivity contribution in [3.05, 3.63) is 36.7 Å². The topological polar surface area (TPSA) is 94.5 Å². The van der Waals surface area contributed by atoms with Gasteiger partial charge in [-0.15, -0.1) is 0 Å². The van der Waals surface area contributed by atoms with Gasteiger partial charge in [-0.3, -0.25) is 14.3 Å². The van der Waals surface area contributed by atoms with Gasteiger partial charge in [0.25, 0.3) is 0 Å². The predicted molar refractivity (Wildman–Crippen MR) is 89.1 cm³/mol. The lowest BCUT2D eigenvalue weighted by Gasteiger charge is -2.15. The number of methoxy groups -OCH3 is 2. The van der Waals surface area contributed by atoms with Crippen LogP contribution in [-0.4, -0.2) is 42.4 Å². The molecule has 0 fully saturated rings. The standard InChI is InChI=1S/C16H20N4O4/c1-11(20-8-4-7-17-20)16(22)18-12-5-6-14(24-3)13(9-12)19-15(21)10-23-2/h4-9,11H,10H2,1-3H3,(H,18,22)(H,19,21). The number of aromatic nitrogens is 2. The summed E-state index contributed by atoms with van der Waals surface area (Å²) >= 11 is 0. The summed E-state index contributed by atoms with van der Waals surface area (Å²) in [7, 11) is 2.93. The largest absolute Gasteiger partial charge is 0.495 e. The quantitative estimate of drug-likeness (QED) is 0.804. The number of hydrogen-bond donors (Lipinski definition) is 2. The summed E-state index contributed by atoms with van der Waals surface area (Å²) in [6.45, 7) is 1.67. The molecule has 8 heteroatoms. The van der Waals surface area contributed by atoms with E-state index in [-0.39, 0.29) is 18.4 Å². The highest BCUT2D eigenvalue weighted by atomic mass is 16.5. The van der Waals surface area contributed by atoms with Gasteiger partial charge in [-0.05, 0) is 31.2 Å². The number of nitrogens with zero attached hydrogens (tertiary/aromatic N) is 2. The minimum Gasteiger partial charge on any atom is -0.495 e. The molecule has 1 atom stereocenters. The van der Waals surface area contributed by atoms with Crippen molar-refractivity contribution in [2.75, 3.05) is 31.5 Å². The molecule has 1 heterocycles. The summed E-state index contributed by atoms with van der Waals surface area (Å²) in [5.74, 6) is -0.0557. The molecule has 1 unspecified atom stereocenters. The van der Waals surface area contributed by atoms with Gasteiger partial charge < -0.3 is 20.1 Å². The summed E-state index contributed by atoms with van der Waals surface area (Å²) in [6.07, 6.45) is 3.33. The number of hydrogen-bond acceptors (Lipinski definition) is 5. The van der Waals surface area contributed by atoms with Crippen molar-refractivity contribution in [1.29, 1.82) is 0 Å². The Kier molecular flexibility index (Phi) is 5.91. The van der Waals surface area contributed by atoms with Crippen molar-refractivity contribution in [3.8, 4) is 5.75 Å². The monoisotopic (exact) mass is 332 g/mol. The third kappa shape index (κ3) is 4.32. The van der Waals surface area contributed by atoms with Crippen LogP contribution < -0.4 is 15.4 Å². The summed E-state index contributed by atoms with van der Waals surface area (Å²) in [4.78, 5) is 24.0. The highest BCUT2D eigenvalue weighted by molar-refractivity contribution is 5.97. The lowest BCUT2D eigenvalue weighted by atomic mass is 10.2. The van der Waals surface area contributed by atoms with Crippen LogP contribution in [0.5, 0.6) is 5.75 Å². The molecule has 0 aliphatic rings. The van der Waals surface area contributed by atoms with Crippen LogP contribution in [-0.2, 0) is 14.3 Å². The summed E-state index contributed by atoms with van der Waals surface area (Å²) < 4.78 is 11.5. The van der Waals surface area contributed by atoms with Crippen LogP contribution in [0.15, 0.2) is 36.7 Å². The minimum atomic E-state index is -0.464. The summed E-state index contributed by atoms with van der Waals surface area (Å²) in [5.41, 5.74) is 0.983. The van der Waals surface area contributed by atoms with Crippen LogP contribution in [0.2, 0.25) is 0 Å². The van der Waals surface area contributed by atoms with Crippen LogP contribution in [0.25, 0.3) is 0 Å². The molecule has 0 saturated heterocycles. The molecule has 2 amide bonds. The number of carbonyl (C=O) groups excluding carboxylic acids is 2. The number of anilines is 2. The maximum absolute atomic E-state index is 12.3. The smallest absolute Gasteiger partial charge is 0.250 e. The van der Waals surface area contributed by atoms with E-state index in [4.69, 9.17) is 9.47 Å². The zero-order valence-corrected chi connectivity index (χ0v) is 13.8. The van der Waals surface area contributed by atoms with E-state index in [1.54, 1.807) is 48.3 Å². The van der Waals surface area contributed by atoms with E-state index >= 15 is 0 Å². The average molecular weight is 332 g/mol. The molecule has 1 aromatic carbocycles. The molecule has 0 radical (unpaired) electrons. The van der Waals surface area contributed by atoms with E-state index < -0.39 is 6.04 Å². The third-order valence-corrected chi connectivity index (χ3v) is 3.32. The third-order valence-electron chi connectivity index (χ3n) is 3.32. The molecule has 2 N–H and O–H groups in total. The van der Waals surface area contributed by atoms with E-state index in [2.05, 4.69) is 15.7 Å². The fourth-order valence-electron chi connectivity index (χ4n) is 2.08. The Labute approximate surface area is 139 Å². The second-order valence-corrected chi connectivity index (χ2v) is 5.05. The molecular weight excluding hydrogens is 312 g/mol. The zero-order chi connectivity index (χ0) is 17.5. The van der Waals surface area contributed by atoms with E-state index in [0.717, 1.165) is 0 Å². The number of carbonyl (C=O) groups is 2. The molecule has 1 aromatic heterocycles. The summed E-state index contributed by atoms with van der Waals surface area (Å²) in [6, 6.07) is 6.27. The van der Waals surface area contributed by atoms with Crippen molar-refractivity contribution >= 4 is 23.2 Å². The molecule has 0 aliphatic heterocycles. The van der Waals surface area contributed by atoms with Crippen molar-refractivity contribution in [1.82, 2.24) is 9.78 Å². The molecule has 0 saturated carbocycles. The second-order valence-electron chi connectivity index (χ2n) is 5.05. The van der Waals surface area contributed by atoms with Crippen molar-refractivity contribution in [3.63, 3.8) is 0 Å². The number of benzene rings is 1. The minimum absolute atomic E-state index is 0.0733. The van der Waals surface area contributed by atoms with Crippen LogP contribution >= 0.6 is 0 Å². The fraction of sp³-hybridized carbons (Fsp3) is 0.312. The lowest BCUT2D eigenvalue weighted by molar-refractivity contribution is -0.120. The van der Waals surface area contributed by atoms with E-state index in [9.17, 15) is 9.59 Å². The van der Waals surface area contributed by atoms with Crippen LogP contribution in [0.3, 0.4) is 0 Å². The Morgan fingerprint density at radius 2 is 2.08 bits per heavy atom. The van der Waals surface area contributed by atoms with E-state index in [1.165, 1.54) is 14.2 Å². The Balaban J connectivity index is 2.12. The Morgan fingerprint density at radius 3 is 2.71 bits per heavy atom. The Morgan fingerprint density at radius 1 is 1.29 bits per heavy atom. The first-order valence-electron chi connectivity index (χ1n) is 7.32. The maximum Gasteiger partial charge on any atom is 0.250 e. The second kappa shape index (κ2) is 8.11. The van der Waals surface area contributed by atoms with Crippen LogP contribution in [0, 0.1) is 0 Å². The first-order chi connectivity index (χ1) is 11.5. The van der Waals surface area contributed by atoms with Gasteiger partial charge in [-0.25, -0.2) is 0 Å². The molecule has 128 valence electrons. The SMILES string of the molecule is COCC(=O)Nc1cc(NC(=O)C(C)n2cccn2)ccc1OC. The van der Waals surface area contributed by atoms with Crippen LogP contribution in [0.4, 0.5) is 11.4 Å². The molecule has 0 spiro atoms. The molecule has 2 aromatic rings. The van der Waals surface area contributed by atoms with Crippen molar-refractivity contribution in [2.45, 2.75) is 13.0 Å². The Bertz CT molecular complexity index is 700. The first-order valence-corrected chi connectivity index (χ1v) is 7.32. The van der Waals surface area contributed by atoms with E-state index in [0.29, 0.717) is 17.1 Å². The fourth-order valence-corrected chi connectivity index (χ4v) is 2.08. The van der Waals surface area contributed by atoms with Gasteiger partial charge in [0.05, 0.1) is 12.8 Å². The molecule has 8 nitrogen and oxygen atoms in total. The van der Waals surface area contributed by atoms with Gasteiger partial charge in [0.15, 0.2) is 0 Å². The Hall–Kier alpha value is -2.87. The summed E-state index contributed by atoms with van der Waals surface area (Å²) in [5, 5.41) is 9.51. The predicted octanol–water partition coefficient (Wildman–Crippen LogP) is 1.68. The van der Waals surface area contributed by atoms with Gasteiger partial charge in [-0.2, -0.15) is 5.10 Å². The van der Waals surface area contributed by atoms with Gasteiger partial charge in [0, 0.05) is 25.2 Å². The highest BCUT2D eigenvalue weighted by Gasteiger charge is 2.16. The number of ether oxygens (including phenoxy) is 2. The van der Waals surface area contributed by atoms with Gasteiger partial charge in [-0.1, -0.05) is 0 Å². The normalized spacial score (nSPS) is 11.6. The van der Waals surface area contributed by atoms with Gasteiger partial charge in [0.2, 0.25) is 11.8 Å². The molecular formula is C16H20N4O4. The van der Waals surface area contributed by atoms with Crippen molar-refractivity contribution in [2.24, 2.45) is 0 Å². The zero-order valence-electron chi connectivity index (χ0n) is 13.8. The molecule has 2 rings (SSSR count). The number of nitrogens with one attached hydrogen (secondary N) is 2. The average Bonchev–Trinajstić information content (AvgIpc) is 3.09. The maximum atomic E-state index is 12.3. The number of amides is 2. The van der Waals surface area contributed by atoms with Crippen molar-refractivity contribution < 1.29 is 19.1 Å². The van der Waals surface area contributed by atoms with E-state index in [1.807, 2.05) is 0 Å².